The molecule has 0 bridgehead atoms. The van der Waals surface area contributed by atoms with Crippen molar-refractivity contribution in [3.05, 3.63) is 75.2 Å². The van der Waals surface area contributed by atoms with Gasteiger partial charge in [-0.3, -0.25) is 14.2 Å². The zero-order valence-electron chi connectivity index (χ0n) is 18.5. The molecule has 10 nitrogen and oxygen atoms in total. The molecule has 186 valence electrons. The van der Waals surface area contributed by atoms with Crippen LogP contribution in [0.25, 0.3) is 5.82 Å². The molecule has 1 unspecified atom stereocenters. The van der Waals surface area contributed by atoms with Crippen LogP contribution in [-0.2, 0) is 6.18 Å². The standard InChI is InChI=1S/C21H16ClF3N8O2S/c1-10-7-33(9-30-10)17-4-14(28-8-29-17)18(34)31-11(2)20-27-6-15(36-20)19(35)32-16-3-12(21(23,24)25)13(22)5-26-16/h3-9,11H,1-2H3,(H,31,34)(H,26,32,35). The Morgan fingerprint density at radius 2 is 1.86 bits per heavy atom. The van der Waals surface area contributed by atoms with Gasteiger partial charge >= 0.3 is 6.18 Å². The zero-order chi connectivity index (χ0) is 26.0. The van der Waals surface area contributed by atoms with Gasteiger partial charge in [-0.1, -0.05) is 11.6 Å². The second-order valence-electron chi connectivity index (χ2n) is 7.44. The average Bonchev–Trinajstić information content (AvgIpc) is 3.49. The van der Waals surface area contributed by atoms with Crippen molar-refractivity contribution >= 4 is 40.6 Å². The highest BCUT2D eigenvalue weighted by Crippen LogP contribution is 2.35. The van der Waals surface area contributed by atoms with Gasteiger partial charge in [0.05, 0.1) is 28.5 Å². The third kappa shape index (κ3) is 5.66. The van der Waals surface area contributed by atoms with Gasteiger partial charge in [0.1, 0.15) is 39.9 Å². The number of anilines is 1. The van der Waals surface area contributed by atoms with E-state index in [2.05, 4.69) is 35.6 Å². The lowest BCUT2D eigenvalue weighted by Crippen LogP contribution is -2.27. The van der Waals surface area contributed by atoms with Crippen LogP contribution in [0.4, 0.5) is 19.0 Å². The smallest absolute Gasteiger partial charge is 0.342 e. The predicted octanol–water partition coefficient (Wildman–Crippen LogP) is 4.24. The van der Waals surface area contributed by atoms with Crippen molar-refractivity contribution in [1.82, 2.24) is 34.8 Å². The number of rotatable bonds is 6. The Labute approximate surface area is 210 Å². The van der Waals surface area contributed by atoms with Crippen LogP contribution in [0.1, 0.15) is 49.4 Å². The summed E-state index contributed by atoms with van der Waals surface area (Å²) in [6.07, 6.45) is 1.93. The molecule has 4 aromatic heterocycles. The number of amides is 2. The Balaban J connectivity index is 1.43. The number of thiazole rings is 1. The van der Waals surface area contributed by atoms with Crippen LogP contribution in [0.15, 0.2) is 43.4 Å². The Bertz CT molecular complexity index is 1440. The largest absolute Gasteiger partial charge is 0.418 e. The number of hydrogen-bond acceptors (Lipinski definition) is 8. The predicted molar refractivity (Wildman–Crippen MR) is 124 cm³/mol. The molecule has 0 spiro atoms. The third-order valence-corrected chi connectivity index (χ3v) is 6.21. The van der Waals surface area contributed by atoms with Gasteiger partial charge in [-0.05, 0) is 19.9 Å². The number of nitrogens with one attached hydrogen (secondary N) is 2. The van der Waals surface area contributed by atoms with E-state index < -0.39 is 34.6 Å². The molecule has 0 aliphatic heterocycles. The molecular weight excluding hydrogens is 521 g/mol. The number of carbonyl (C=O) groups is 2. The number of alkyl halides is 3. The summed E-state index contributed by atoms with van der Waals surface area (Å²) in [5.41, 5.74) is -0.224. The summed E-state index contributed by atoms with van der Waals surface area (Å²) >= 11 is 6.51. The topological polar surface area (TPSA) is 128 Å². The lowest BCUT2D eigenvalue weighted by Gasteiger charge is -2.11. The number of halogens is 4. The molecule has 2 N–H and O–H groups in total. The molecule has 0 saturated heterocycles. The summed E-state index contributed by atoms with van der Waals surface area (Å²) < 4.78 is 40.8. The third-order valence-electron chi connectivity index (χ3n) is 4.73. The summed E-state index contributed by atoms with van der Waals surface area (Å²) in [7, 11) is 0. The van der Waals surface area contributed by atoms with Crippen LogP contribution in [0.3, 0.4) is 0 Å². The summed E-state index contributed by atoms with van der Waals surface area (Å²) in [6.45, 7) is 3.48. The second-order valence-corrected chi connectivity index (χ2v) is 8.91. The SMILES string of the molecule is Cc1cn(-c2cc(C(=O)NC(C)c3ncc(C(=O)Nc4cc(C(F)(F)F)c(Cl)cn4)s3)ncn2)cn1. The maximum absolute atomic E-state index is 13.0. The fourth-order valence-corrected chi connectivity index (χ4v) is 4.01. The fourth-order valence-electron chi connectivity index (χ4n) is 2.99. The molecule has 15 heteroatoms. The molecular formula is C21H16ClF3N8O2S. The Morgan fingerprint density at radius 1 is 1.08 bits per heavy atom. The summed E-state index contributed by atoms with van der Waals surface area (Å²) in [6, 6.07) is 1.55. The van der Waals surface area contributed by atoms with Gasteiger partial charge in [-0.15, -0.1) is 11.3 Å². The first kappa shape index (κ1) is 25.2. The minimum Gasteiger partial charge on any atom is -0.342 e. The van der Waals surface area contributed by atoms with Gasteiger partial charge in [0, 0.05) is 18.5 Å². The van der Waals surface area contributed by atoms with E-state index in [0.29, 0.717) is 16.9 Å². The van der Waals surface area contributed by atoms with Gasteiger partial charge in [0.2, 0.25) is 0 Å². The molecule has 0 radical (unpaired) electrons. The van der Waals surface area contributed by atoms with Crippen molar-refractivity contribution in [2.45, 2.75) is 26.1 Å². The number of carbonyl (C=O) groups excluding carboxylic acids is 2. The van der Waals surface area contributed by atoms with E-state index in [1.165, 1.54) is 18.6 Å². The Kier molecular flexibility index (Phi) is 6.99. The Hall–Kier alpha value is -3.91. The summed E-state index contributed by atoms with van der Waals surface area (Å²) in [5, 5.41) is 4.84. The van der Waals surface area contributed by atoms with E-state index in [9.17, 15) is 22.8 Å². The average molecular weight is 537 g/mol. The molecule has 1 atom stereocenters. The van der Waals surface area contributed by atoms with Gasteiger partial charge in [-0.2, -0.15) is 13.2 Å². The summed E-state index contributed by atoms with van der Waals surface area (Å²) in [5.74, 6) is -1.06. The zero-order valence-corrected chi connectivity index (χ0v) is 20.1. The van der Waals surface area contributed by atoms with E-state index in [0.717, 1.165) is 23.2 Å². The monoisotopic (exact) mass is 536 g/mol. The number of imidazole rings is 1. The first-order valence-electron chi connectivity index (χ1n) is 10.1. The van der Waals surface area contributed by atoms with Crippen molar-refractivity contribution in [2.75, 3.05) is 5.32 Å². The molecule has 0 aliphatic rings. The highest BCUT2D eigenvalue weighted by atomic mass is 35.5. The number of aromatic nitrogens is 6. The molecule has 0 aromatic carbocycles. The molecule has 0 aliphatic carbocycles. The highest BCUT2D eigenvalue weighted by Gasteiger charge is 2.34. The molecule has 0 saturated carbocycles. The van der Waals surface area contributed by atoms with Gasteiger partial charge < -0.3 is 10.6 Å². The van der Waals surface area contributed by atoms with Gasteiger partial charge in [0.25, 0.3) is 11.8 Å². The lowest BCUT2D eigenvalue weighted by atomic mass is 10.2. The Morgan fingerprint density at radius 3 is 2.56 bits per heavy atom. The van der Waals surface area contributed by atoms with Gasteiger partial charge in [0.15, 0.2) is 0 Å². The molecule has 4 heterocycles. The molecule has 4 rings (SSSR count). The highest BCUT2D eigenvalue weighted by molar-refractivity contribution is 7.13. The number of nitrogens with zero attached hydrogens (tertiary/aromatic N) is 6. The van der Waals surface area contributed by atoms with Crippen molar-refractivity contribution in [2.24, 2.45) is 0 Å². The second kappa shape index (κ2) is 9.99. The van der Waals surface area contributed by atoms with Crippen LogP contribution in [0.5, 0.6) is 0 Å². The minimum atomic E-state index is -4.70. The van der Waals surface area contributed by atoms with Crippen LogP contribution in [0, 0.1) is 6.92 Å². The van der Waals surface area contributed by atoms with E-state index in [1.807, 2.05) is 6.92 Å². The molecule has 0 fully saturated rings. The van der Waals surface area contributed by atoms with Crippen molar-refractivity contribution in [3.8, 4) is 5.82 Å². The maximum atomic E-state index is 13.0. The van der Waals surface area contributed by atoms with Crippen molar-refractivity contribution < 1.29 is 22.8 Å². The fraction of sp³-hybridized carbons (Fsp3) is 0.190. The lowest BCUT2D eigenvalue weighted by molar-refractivity contribution is -0.137. The van der Waals surface area contributed by atoms with E-state index in [1.54, 1.807) is 24.0 Å². The van der Waals surface area contributed by atoms with Crippen LogP contribution >= 0.6 is 22.9 Å². The number of aryl methyl sites for hydroxylation is 1. The number of hydrogen-bond donors (Lipinski definition) is 2. The van der Waals surface area contributed by atoms with Crippen LogP contribution in [-0.4, -0.2) is 41.3 Å². The quantitative estimate of drug-likeness (QED) is 0.377. The molecule has 4 aromatic rings. The molecule has 36 heavy (non-hydrogen) atoms. The van der Waals surface area contributed by atoms with E-state index in [-0.39, 0.29) is 16.4 Å². The van der Waals surface area contributed by atoms with Gasteiger partial charge in [-0.25, -0.2) is 24.9 Å². The van der Waals surface area contributed by atoms with Crippen molar-refractivity contribution in [3.63, 3.8) is 0 Å². The minimum absolute atomic E-state index is 0.108. The normalized spacial score (nSPS) is 12.3. The first-order chi connectivity index (χ1) is 17.0. The number of pyridine rings is 1. The van der Waals surface area contributed by atoms with Crippen LogP contribution in [0.2, 0.25) is 5.02 Å². The van der Waals surface area contributed by atoms with Crippen LogP contribution < -0.4 is 10.6 Å². The summed E-state index contributed by atoms with van der Waals surface area (Å²) in [4.78, 5) is 45.4. The maximum Gasteiger partial charge on any atom is 0.418 e. The van der Waals surface area contributed by atoms with E-state index in [4.69, 9.17) is 11.6 Å². The van der Waals surface area contributed by atoms with E-state index >= 15 is 0 Å². The molecule has 2 amide bonds. The van der Waals surface area contributed by atoms with Crippen molar-refractivity contribution in [1.29, 1.82) is 0 Å². The first-order valence-corrected chi connectivity index (χ1v) is 11.3.